The highest BCUT2D eigenvalue weighted by molar-refractivity contribution is 6.33. The molecule has 1 aliphatic heterocycles. The van der Waals surface area contributed by atoms with Gasteiger partial charge in [0.15, 0.2) is 0 Å². The zero-order chi connectivity index (χ0) is 22.8. The molecule has 166 valence electrons. The number of hydrogen-bond donors (Lipinski definition) is 0. The minimum atomic E-state index is -0.491. The van der Waals surface area contributed by atoms with Crippen molar-refractivity contribution in [1.29, 1.82) is 0 Å². The van der Waals surface area contributed by atoms with Gasteiger partial charge in [0, 0.05) is 24.7 Å². The number of hydrogen-bond acceptors (Lipinski definition) is 2. The van der Waals surface area contributed by atoms with Gasteiger partial charge in [-0.05, 0) is 60.0 Å². The summed E-state index contributed by atoms with van der Waals surface area (Å²) in [7, 11) is 0. The van der Waals surface area contributed by atoms with Gasteiger partial charge < -0.3 is 9.80 Å². The second kappa shape index (κ2) is 9.70. The highest BCUT2D eigenvalue weighted by Gasteiger charge is 2.31. The van der Waals surface area contributed by atoms with Gasteiger partial charge in [-0.2, -0.15) is 0 Å². The van der Waals surface area contributed by atoms with Crippen LogP contribution in [0.5, 0.6) is 0 Å². The van der Waals surface area contributed by atoms with Crippen LogP contribution in [0.1, 0.15) is 22.7 Å². The first-order valence-electron chi connectivity index (χ1n) is 10.3. The van der Waals surface area contributed by atoms with Crippen molar-refractivity contribution in [3.63, 3.8) is 0 Å². The van der Waals surface area contributed by atoms with Crippen LogP contribution in [0, 0.1) is 12.7 Å². The Morgan fingerprint density at radius 2 is 1.72 bits per heavy atom. The summed E-state index contributed by atoms with van der Waals surface area (Å²) in [6.07, 6.45) is 0.165. The largest absolute Gasteiger partial charge is 0.360 e. The molecule has 1 aliphatic rings. The van der Waals surface area contributed by atoms with E-state index in [1.807, 2.05) is 54.3 Å². The molecule has 0 bridgehead atoms. The average molecular weight is 492 g/mol. The van der Waals surface area contributed by atoms with Crippen molar-refractivity contribution in [3.05, 3.63) is 98.2 Å². The van der Waals surface area contributed by atoms with Crippen molar-refractivity contribution in [1.82, 2.24) is 4.90 Å². The molecule has 3 nitrogen and oxygen atoms in total. The molecule has 0 spiro atoms. The standard InChI is InChI=1S/C25H22Cl3FN2O/c1-16-2-9-23(21(28)12-16)31-11-10-30(15-24(31)18-4-6-19(26)7-5-18)25(32)14-17-3-8-22(29)20(27)13-17/h2-9,12-13,24H,10-11,14-15H2,1H3. The van der Waals surface area contributed by atoms with Gasteiger partial charge in [-0.1, -0.05) is 59.1 Å². The highest BCUT2D eigenvalue weighted by Crippen LogP contribution is 2.36. The van der Waals surface area contributed by atoms with Crippen molar-refractivity contribution in [3.8, 4) is 0 Å². The van der Waals surface area contributed by atoms with Crippen LogP contribution in [0.3, 0.4) is 0 Å². The molecule has 0 saturated carbocycles. The van der Waals surface area contributed by atoms with Crippen LogP contribution >= 0.6 is 34.8 Å². The molecule has 1 heterocycles. The zero-order valence-electron chi connectivity index (χ0n) is 17.5. The summed E-state index contributed by atoms with van der Waals surface area (Å²) in [6, 6.07) is 18.0. The van der Waals surface area contributed by atoms with Crippen LogP contribution in [0.4, 0.5) is 10.1 Å². The topological polar surface area (TPSA) is 23.6 Å². The number of aryl methyl sites for hydroxylation is 1. The van der Waals surface area contributed by atoms with Crippen molar-refractivity contribution >= 4 is 46.4 Å². The molecule has 3 aromatic carbocycles. The van der Waals surface area contributed by atoms with E-state index in [2.05, 4.69) is 4.90 Å². The Labute approximate surface area is 202 Å². The molecule has 1 saturated heterocycles. The molecule has 0 aromatic heterocycles. The Hall–Kier alpha value is -2.27. The molecule has 1 fully saturated rings. The molecule has 0 radical (unpaired) electrons. The van der Waals surface area contributed by atoms with Crippen molar-refractivity contribution in [2.75, 3.05) is 24.5 Å². The zero-order valence-corrected chi connectivity index (χ0v) is 19.8. The Kier molecular flexibility index (Phi) is 6.94. The van der Waals surface area contributed by atoms with E-state index >= 15 is 0 Å². The number of nitrogens with zero attached hydrogens (tertiary/aromatic N) is 2. The molecule has 7 heteroatoms. The van der Waals surface area contributed by atoms with Crippen molar-refractivity contribution in [2.45, 2.75) is 19.4 Å². The van der Waals surface area contributed by atoms with E-state index in [4.69, 9.17) is 34.8 Å². The van der Waals surface area contributed by atoms with E-state index in [-0.39, 0.29) is 23.4 Å². The molecular formula is C25H22Cl3FN2O. The number of piperazine rings is 1. The molecule has 1 amide bonds. The van der Waals surface area contributed by atoms with Crippen molar-refractivity contribution < 1.29 is 9.18 Å². The fourth-order valence-electron chi connectivity index (χ4n) is 4.05. The van der Waals surface area contributed by atoms with Crippen LogP contribution in [0.15, 0.2) is 60.7 Å². The molecule has 1 unspecified atom stereocenters. The maximum Gasteiger partial charge on any atom is 0.227 e. The van der Waals surface area contributed by atoms with Gasteiger partial charge in [0.2, 0.25) is 5.91 Å². The smallest absolute Gasteiger partial charge is 0.227 e. The molecule has 1 atom stereocenters. The second-order valence-corrected chi connectivity index (χ2v) is 9.23. The lowest BCUT2D eigenvalue weighted by atomic mass is 10.00. The normalized spacial score (nSPS) is 16.3. The van der Waals surface area contributed by atoms with Gasteiger partial charge in [-0.3, -0.25) is 4.79 Å². The summed E-state index contributed by atoms with van der Waals surface area (Å²) in [4.78, 5) is 17.2. The molecule has 0 aliphatic carbocycles. The van der Waals surface area contributed by atoms with Gasteiger partial charge in [0.25, 0.3) is 0 Å². The Morgan fingerprint density at radius 3 is 2.41 bits per heavy atom. The highest BCUT2D eigenvalue weighted by atomic mass is 35.5. The van der Waals surface area contributed by atoms with Gasteiger partial charge in [0.05, 0.1) is 28.2 Å². The monoisotopic (exact) mass is 490 g/mol. The summed E-state index contributed by atoms with van der Waals surface area (Å²) in [5.74, 6) is -0.518. The third-order valence-corrected chi connectivity index (χ3v) is 6.58. The first kappa shape index (κ1) is 22.9. The fraction of sp³-hybridized carbons (Fsp3) is 0.240. The van der Waals surface area contributed by atoms with Crippen LogP contribution in [0.2, 0.25) is 15.1 Å². The maximum absolute atomic E-state index is 13.5. The number of rotatable bonds is 4. The van der Waals surface area contributed by atoms with Crippen molar-refractivity contribution in [2.24, 2.45) is 0 Å². The van der Waals surface area contributed by atoms with Gasteiger partial charge in [-0.25, -0.2) is 4.39 Å². The third kappa shape index (κ3) is 5.03. The second-order valence-electron chi connectivity index (χ2n) is 7.98. The Morgan fingerprint density at radius 1 is 0.969 bits per heavy atom. The minimum Gasteiger partial charge on any atom is -0.360 e. The SMILES string of the molecule is Cc1ccc(N2CCN(C(=O)Cc3ccc(F)c(Cl)c3)CC2c2ccc(Cl)cc2)c(Cl)c1. The number of benzene rings is 3. The maximum atomic E-state index is 13.5. The number of carbonyl (C=O) groups excluding carboxylic acids is 1. The number of carbonyl (C=O) groups is 1. The number of halogens is 4. The molecule has 3 aromatic rings. The Bertz CT molecular complexity index is 1140. The van der Waals surface area contributed by atoms with E-state index in [0.717, 1.165) is 16.8 Å². The molecule has 32 heavy (non-hydrogen) atoms. The van der Waals surface area contributed by atoms with E-state index < -0.39 is 5.82 Å². The first-order chi connectivity index (χ1) is 15.3. The predicted molar refractivity (Wildman–Crippen MR) is 129 cm³/mol. The summed E-state index contributed by atoms with van der Waals surface area (Å²) < 4.78 is 13.5. The van der Waals surface area contributed by atoms with E-state index in [1.165, 1.54) is 12.1 Å². The molecule has 4 rings (SSSR count). The third-order valence-electron chi connectivity index (χ3n) is 5.74. The lowest BCUT2D eigenvalue weighted by Crippen LogP contribution is -2.51. The van der Waals surface area contributed by atoms with Crippen LogP contribution in [-0.2, 0) is 11.2 Å². The summed E-state index contributed by atoms with van der Waals surface area (Å²) in [5.41, 5.74) is 3.77. The number of anilines is 1. The summed E-state index contributed by atoms with van der Waals surface area (Å²) in [6.45, 7) is 3.69. The van der Waals surface area contributed by atoms with E-state index in [0.29, 0.717) is 35.2 Å². The lowest BCUT2D eigenvalue weighted by Gasteiger charge is -2.43. The fourth-order valence-corrected chi connectivity index (χ4v) is 4.72. The van der Waals surface area contributed by atoms with E-state index in [9.17, 15) is 9.18 Å². The van der Waals surface area contributed by atoms with Gasteiger partial charge >= 0.3 is 0 Å². The molecular weight excluding hydrogens is 470 g/mol. The molecule has 0 N–H and O–H groups in total. The Balaban J connectivity index is 1.60. The minimum absolute atomic E-state index is 0.0215. The van der Waals surface area contributed by atoms with Gasteiger partial charge in [-0.15, -0.1) is 0 Å². The summed E-state index contributed by atoms with van der Waals surface area (Å²) in [5, 5.41) is 1.36. The van der Waals surface area contributed by atoms with Crippen LogP contribution in [0.25, 0.3) is 0 Å². The average Bonchev–Trinajstić information content (AvgIpc) is 2.77. The van der Waals surface area contributed by atoms with Crippen LogP contribution in [-0.4, -0.2) is 30.4 Å². The quantitative estimate of drug-likeness (QED) is 0.404. The summed E-state index contributed by atoms with van der Waals surface area (Å²) >= 11 is 18.6. The van der Waals surface area contributed by atoms with E-state index in [1.54, 1.807) is 6.07 Å². The lowest BCUT2D eigenvalue weighted by molar-refractivity contribution is -0.131. The number of amides is 1. The predicted octanol–water partition coefficient (Wildman–Crippen LogP) is 6.73. The van der Waals surface area contributed by atoms with Gasteiger partial charge in [0.1, 0.15) is 5.82 Å². The van der Waals surface area contributed by atoms with Crippen LogP contribution < -0.4 is 4.90 Å². The first-order valence-corrected chi connectivity index (χ1v) is 11.4.